The number of aromatic nitrogens is 1. The number of ether oxygens (including phenoxy) is 5. The third-order valence-electron chi connectivity index (χ3n) is 7.33. The van der Waals surface area contributed by atoms with Gasteiger partial charge in [-0.1, -0.05) is 24.6 Å². The molecule has 208 valence electrons. The van der Waals surface area contributed by atoms with Gasteiger partial charge in [0.05, 0.1) is 27.4 Å². The molecule has 1 saturated carbocycles. The lowest BCUT2D eigenvalue weighted by Gasteiger charge is -2.27. The molecule has 1 aromatic heterocycles. The lowest BCUT2D eigenvalue weighted by molar-refractivity contribution is -0.149. The van der Waals surface area contributed by atoms with Gasteiger partial charge in [-0.2, -0.15) is 0 Å². The summed E-state index contributed by atoms with van der Waals surface area (Å²) in [6.07, 6.45) is 8.25. The third kappa shape index (κ3) is 6.15. The summed E-state index contributed by atoms with van der Waals surface area (Å²) < 4.78 is 34.4. The van der Waals surface area contributed by atoms with Crippen LogP contribution < -0.4 is 18.9 Å². The highest BCUT2D eigenvalue weighted by atomic mass is 16.6. The number of methoxy groups -OCH3 is 2. The van der Waals surface area contributed by atoms with E-state index in [0.717, 1.165) is 76.6 Å². The van der Waals surface area contributed by atoms with Crippen molar-refractivity contribution in [1.29, 1.82) is 0 Å². The van der Waals surface area contributed by atoms with Crippen LogP contribution in [0.3, 0.4) is 0 Å². The van der Waals surface area contributed by atoms with Gasteiger partial charge in [-0.25, -0.2) is 4.79 Å². The SMILES string of the molecule is CCCc1c(OCCCOc2ccc(-c3ccon3)c(OC)c2CC2CC2)ccc2c1OC(C(=O)OC)CC2. The Kier molecular flexibility index (Phi) is 8.59. The molecule has 39 heavy (non-hydrogen) atoms. The van der Waals surface area contributed by atoms with Gasteiger partial charge in [-0.3, -0.25) is 0 Å². The quantitative estimate of drug-likeness (QED) is 0.195. The second kappa shape index (κ2) is 12.5. The minimum Gasteiger partial charge on any atom is -0.496 e. The molecule has 8 heteroatoms. The molecule has 1 atom stereocenters. The molecule has 2 aliphatic rings. The molecule has 1 fully saturated rings. The molecule has 3 aromatic rings. The van der Waals surface area contributed by atoms with Crippen molar-refractivity contribution in [1.82, 2.24) is 5.16 Å². The van der Waals surface area contributed by atoms with E-state index in [1.54, 1.807) is 13.4 Å². The Morgan fingerprint density at radius 1 is 1.00 bits per heavy atom. The summed E-state index contributed by atoms with van der Waals surface area (Å²) in [6, 6.07) is 9.88. The average Bonchev–Trinajstić information content (AvgIpc) is 3.62. The highest BCUT2D eigenvalue weighted by molar-refractivity contribution is 5.76. The summed E-state index contributed by atoms with van der Waals surface area (Å²) in [5, 5.41) is 4.10. The van der Waals surface area contributed by atoms with Crippen molar-refractivity contribution < 1.29 is 33.0 Å². The number of fused-ring (bicyclic) bond motifs is 1. The van der Waals surface area contributed by atoms with E-state index in [-0.39, 0.29) is 5.97 Å². The summed E-state index contributed by atoms with van der Waals surface area (Å²) in [4.78, 5) is 12.1. The third-order valence-corrected chi connectivity index (χ3v) is 7.33. The van der Waals surface area contributed by atoms with Gasteiger partial charge in [0.15, 0.2) is 6.10 Å². The molecule has 8 nitrogen and oxygen atoms in total. The van der Waals surface area contributed by atoms with Crippen LogP contribution in [0, 0.1) is 5.92 Å². The van der Waals surface area contributed by atoms with Crippen molar-refractivity contribution >= 4 is 5.97 Å². The van der Waals surface area contributed by atoms with Crippen LogP contribution in [0.4, 0.5) is 0 Å². The molecule has 5 rings (SSSR count). The minimum atomic E-state index is -0.570. The number of rotatable bonds is 13. The van der Waals surface area contributed by atoms with Gasteiger partial charge in [0.2, 0.25) is 0 Å². The highest BCUT2D eigenvalue weighted by Crippen LogP contribution is 2.43. The van der Waals surface area contributed by atoms with Gasteiger partial charge < -0.3 is 28.2 Å². The largest absolute Gasteiger partial charge is 0.496 e. The lowest BCUT2D eigenvalue weighted by atomic mass is 9.96. The Bertz CT molecular complexity index is 1270. The molecule has 1 aliphatic heterocycles. The molecule has 0 bridgehead atoms. The number of hydrogen-bond donors (Lipinski definition) is 0. The van der Waals surface area contributed by atoms with E-state index in [4.69, 9.17) is 28.2 Å². The van der Waals surface area contributed by atoms with Gasteiger partial charge in [-0.15, -0.1) is 0 Å². The number of carbonyl (C=O) groups is 1. The number of esters is 1. The van der Waals surface area contributed by atoms with E-state index in [1.807, 2.05) is 30.3 Å². The molecule has 0 saturated heterocycles. The predicted octanol–water partition coefficient (Wildman–Crippen LogP) is 5.97. The van der Waals surface area contributed by atoms with E-state index in [1.165, 1.54) is 20.0 Å². The number of hydrogen-bond acceptors (Lipinski definition) is 8. The van der Waals surface area contributed by atoms with Gasteiger partial charge in [0.1, 0.15) is 35.0 Å². The van der Waals surface area contributed by atoms with Gasteiger partial charge >= 0.3 is 5.97 Å². The Hall–Kier alpha value is -3.68. The Morgan fingerprint density at radius 2 is 1.77 bits per heavy atom. The molecular formula is C31H37NO7. The first-order chi connectivity index (χ1) is 19.1. The fourth-order valence-corrected chi connectivity index (χ4v) is 5.17. The molecule has 0 radical (unpaired) electrons. The van der Waals surface area contributed by atoms with Crippen LogP contribution in [0.5, 0.6) is 23.0 Å². The fraction of sp³-hybridized carbons (Fsp3) is 0.484. The molecule has 1 unspecified atom stereocenters. The molecule has 0 amide bonds. The normalized spacial score (nSPS) is 16.2. The fourth-order valence-electron chi connectivity index (χ4n) is 5.17. The van der Waals surface area contributed by atoms with Gasteiger partial charge in [0, 0.05) is 29.2 Å². The summed E-state index contributed by atoms with van der Waals surface area (Å²) in [5.41, 5.74) is 4.87. The Labute approximate surface area is 229 Å². The van der Waals surface area contributed by atoms with Crippen LogP contribution in [-0.4, -0.2) is 44.7 Å². The zero-order valence-corrected chi connectivity index (χ0v) is 23.0. The Morgan fingerprint density at radius 3 is 2.44 bits per heavy atom. The van der Waals surface area contributed by atoms with Crippen molar-refractivity contribution in [3.05, 3.63) is 53.3 Å². The van der Waals surface area contributed by atoms with Crippen molar-refractivity contribution in [3.63, 3.8) is 0 Å². The molecule has 0 spiro atoms. The second-order valence-electron chi connectivity index (χ2n) is 10.2. The first-order valence-corrected chi connectivity index (χ1v) is 13.9. The zero-order valence-electron chi connectivity index (χ0n) is 23.0. The van der Waals surface area contributed by atoms with E-state index < -0.39 is 6.10 Å². The maximum Gasteiger partial charge on any atom is 0.347 e. The maximum atomic E-state index is 12.1. The lowest BCUT2D eigenvalue weighted by Crippen LogP contribution is -2.32. The van der Waals surface area contributed by atoms with E-state index in [0.29, 0.717) is 32.0 Å². The monoisotopic (exact) mass is 535 g/mol. The summed E-state index contributed by atoms with van der Waals surface area (Å²) in [7, 11) is 3.09. The van der Waals surface area contributed by atoms with Crippen molar-refractivity contribution in [3.8, 4) is 34.3 Å². The summed E-state index contributed by atoms with van der Waals surface area (Å²) >= 11 is 0. The van der Waals surface area contributed by atoms with E-state index in [9.17, 15) is 4.79 Å². The standard InChI is InChI=1S/C31H37NO7/c1-4-6-23-26(12-9-21-10-13-28(31(33)35-3)39-29(21)23)36-16-5-17-37-27-14-11-22(25-15-18-38-32-25)30(34-2)24(27)19-20-7-8-20/h9,11-12,14-15,18,20,28H,4-8,10,13,16-17,19H2,1-3H3. The number of benzene rings is 2. The van der Waals surface area contributed by atoms with Crippen LogP contribution in [0.1, 0.15) is 55.7 Å². The number of carbonyl (C=O) groups excluding carboxylic acids is 1. The van der Waals surface area contributed by atoms with Crippen LogP contribution in [0.15, 0.2) is 41.1 Å². The molecule has 1 aliphatic carbocycles. The van der Waals surface area contributed by atoms with Gasteiger partial charge in [-0.05, 0) is 68.2 Å². The molecular weight excluding hydrogens is 498 g/mol. The van der Waals surface area contributed by atoms with Crippen molar-refractivity contribution in [2.24, 2.45) is 5.92 Å². The topological polar surface area (TPSA) is 89.3 Å². The van der Waals surface area contributed by atoms with E-state index in [2.05, 4.69) is 12.1 Å². The summed E-state index contributed by atoms with van der Waals surface area (Å²) in [5.74, 6) is 3.55. The summed E-state index contributed by atoms with van der Waals surface area (Å²) in [6.45, 7) is 3.14. The number of aryl methyl sites for hydroxylation is 1. The van der Waals surface area contributed by atoms with Crippen LogP contribution >= 0.6 is 0 Å². The molecule has 2 aromatic carbocycles. The number of nitrogens with zero attached hydrogens (tertiary/aromatic N) is 1. The highest BCUT2D eigenvalue weighted by Gasteiger charge is 2.30. The first-order valence-electron chi connectivity index (χ1n) is 13.9. The van der Waals surface area contributed by atoms with E-state index >= 15 is 0 Å². The smallest absolute Gasteiger partial charge is 0.347 e. The molecule has 0 N–H and O–H groups in total. The maximum absolute atomic E-state index is 12.1. The van der Waals surface area contributed by atoms with Crippen LogP contribution in [0.2, 0.25) is 0 Å². The Balaban J connectivity index is 1.24. The van der Waals surface area contributed by atoms with Crippen molar-refractivity contribution in [2.45, 2.75) is 64.4 Å². The van der Waals surface area contributed by atoms with Gasteiger partial charge in [0.25, 0.3) is 0 Å². The first kappa shape index (κ1) is 26.9. The van der Waals surface area contributed by atoms with Crippen LogP contribution in [-0.2, 0) is 28.8 Å². The average molecular weight is 536 g/mol. The second-order valence-corrected chi connectivity index (χ2v) is 10.2. The van der Waals surface area contributed by atoms with Crippen LogP contribution in [0.25, 0.3) is 11.3 Å². The predicted molar refractivity (Wildman–Crippen MR) is 146 cm³/mol. The van der Waals surface area contributed by atoms with Crippen molar-refractivity contribution in [2.75, 3.05) is 27.4 Å². The minimum absolute atomic E-state index is 0.335. The molecule has 2 heterocycles. The zero-order chi connectivity index (χ0) is 27.2.